The van der Waals surface area contributed by atoms with Gasteiger partial charge in [-0.1, -0.05) is 18.2 Å². The van der Waals surface area contributed by atoms with Crippen molar-refractivity contribution in [3.8, 4) is 0 Å². The van der Waals surface area contributed by atoms with Gasteiger partial charge in [0.05, 0.1) is 12.2 Å². The van der Waals surface area contributed by atoms with E-state index in [0.717, 1.165) is 5.69 Å². The zero-order valence-electron chi connectivity index (χ0n) is 16.5. The Balaban J connectivity index is 1.78. The molecule has 3 rings (SSSR count). The molecule has 7 heteroatoms. The van der Waals surface area contributed by atoms with Gasteiger partial charge in [0.1, 0.15) is 5.69 Å². The van der Waals surface area contributed by atoms with Gasteiger partial charge in [-0.2, -0.15) is 0 Å². The number of aromatic nitrogens is 2. The second-order valence-electron chi connectivity index (χ2n) is 6.34. The van der Waals surface area contributed by atoms with E-state index in [1.807, 2.05) is 30.3 Å². The Labute approximate surface area is 169 Å². The van der Waals surface area contributed by atoms with Gasteiger partial charge in [0, 0.05) is 24.1 Å². The highest BCUT2D eigenvalue weighted by molar-refractivity contribution is 6.04. The lowest BCUT2D eigenvalue weighted by Crippen LogP contribution is -2.27. The van der Waals surface area contributed by atoms with Crippen LogP contribution in [0.5, 0.6) is 0 Å². The molecule has 0 aliphatic rings. The van der Waals surface area contributed by atoms with Gasteiger partial charge in [-0.25, -0.2) is 14.8 Å². The van der Waals surface area contributed by atoms with Gasteiger partial charge in [0.2, 0.25) is 5.95 Å². The van der Waals surface area contributed by atoms with Crippen LogP contribution in [0.4, 0.5) is 17.3 Å². The Bertz CT molecular complexity index is 1000. The van der Waals surface area contributed by atoms with Gasteiger partial charge >= 0.3 is 5.97 Å². The smallest absolute Gasteiger partial charge is 0.338 e. The van der Waals surface area contributed by atoms with Crippen LogP contribution in [0.15, 0.2) is 60.7 Å². The fourth-order valence-electron chi connectivity index (χ4n) is 2.71. The maximum absolute atomic E-state index is 12.8. The molecule has 0 saturated carbocycles. The van der Waals surface area contributed by atoms with Crippen molar-refractivity contribution in [2.75, 3.05) is 23.9 Å². The molecule has 0 bridgehead atoms. The lowest BCUT2D eigenvalue weighted by atomic mass is 10.2. The van der Waals surface area contributed by atoms with Crippen molar-refractivity contribution in [3.63, 3.8) is 0 Å². The number of hydrogen-bond donors (Lipinski definition) is 1. The number of carbonyl (C=O) groups excluding carboxylic acids is 2. The van der Waals surface area contributed by atoms with Gasteiger partial charge < -0.3 is 15.0 Å². The second-order valence-corrected chi connectivity index (χ2v) is 6.34. The molecule has 29 heavy (non-hydrogen) atoms. The van der Waals surface area contributed by atoms with E-state index >= 15 is 0 Å². The molecular formula is C22H22N4O3. The maximum Gasteiger partial charge on any atom is 0.338 e. The average Bonchev–Trinajstić information content (AvgIpc) is 2.73. The van der Waals surface area contributed by atoms with Crippen molar-refractivity contribution in [1.82, 2.24) is 9.97 Å². The Morgan fingerprint density at radius 3 is 2.38 bits per heavy atom. The van der Waals surface area contributed by atoms with E-state index in [1.165, 1.54) is 0 Å². The number of rotatable bonds is 6. The summed E-state index contributed by atoms with van der Waals surface area (Å²) in [7, 11) is 1.70. The van der Waals surface area contributed by atoms with Gasteiger partial charge in [-0.05, 0) is 56.3 Å². The molecule has 3 aromatic rings. The van der Waals surface area contributed by atoms with Crippen LogP contribution >= 0.6 is 0 Å². The molecule has 1 heterocycles. The molecule has 0 fully saturated rings. The van der Waals surface area contributed by atoms with Gasteiger partial charge in [-0.15, -0.1) is 0 Å². The van der Waals surface area contributed by atoms with Crippen LogP contribution in [0.2, 0.25) is 0 Å². The van der Waals surface area contributed by atoms with E-state index in [4.69, 9.17) is 4.74 Å². The molecule has 0 saturated heterocycles. The Hall–Kier alpha value is -3.74. The zero-order chi connectivity index (χ0) is 20.8. The van der Waals surface area contributed by atoms with Crippen molar-refractivity contribution >= 4 is 29.2 Å². The number of benzene rings is 2. The highest BCUT2D eigenvalue weighted by atomic mass is 16.5. The predicted molar refractivity (Wildman–Crippen MR) is 112 cm³/mol. The summed E-state index contributed by atoms with van der Waals surface area (Å²) in [5, 5.41) is 3.07. The molecule has 0 spiro atoms. The van der Waals surface area contributed by atoms with Crippen LogP contribution in [0.25, 0.3) is 0 Å². The normalized spacial score (nSPS) is 10.3. The fraction of sp³-hybridized carbons (Fsp3) is 0.182. The fourth-order valence-corrected chi connectivity index (χ4v) is 2.71. The molecule has 2 aromatic carbocycles. The molecular weight excluding hydrogens is 368 g/mol. The summed E-state index contributed by atoms with van der Waals surface area (Å²) in [6.07, 6.45) is 0. The molecule has 7 nitrogen and oxygen atoms in total. The van der Waals surface area contributed by atoms with E-state index in [1.54, 1.807) is 56.1 Å². The van der Waals surface area contributed by atoms with Crippen LogP contribution in [0.1, 0.15) is 33.5 Å². The van der Waals surface area contributed by atoms with E-state index in [2.05, 4.69) is 15.3 Å². The molecule has 1 N–H and O–H groups in total. The Morgan fingerprint density at radius 1 is 1.03 bits per heavy atom. The topological polar surface area (TPSA) is 84.4 Å². The van der Waals surface area contributed by atoms with Crippen molar-refractivity contribution in [3.05, 3.63) is 77.6 Å². The number of ether oxygens (including phenoxy) is 1. The summed E-state index contributed by atoms with van der Waals surface area (Å²) in [6.45, 7) is 3.89. The van der Waals surface area contributed by atoms with Crippen LogP contribution in [-0.2, 0) is 4.74 Å². The summed E-state index contributed by atoms with van der Waals surface area (Å²) in [4.78, 5) is 34.8. The lowest BCUT2D eigenvalue weighted by molar-refractivity contribution is 0.0526. The minimum absolute atomic E-state index is 0.234. The molecule has 148 valence electrons. The second kappa shape index (κ2) is 8.97. The maximum atomic E-state index is 12.8. The minimum atomic E-state index is -0.373. The van der Waals surface area contributed by atoms with Crippen LogP contribution < -0.4 is 10.2 Å². The number of nitrogens with one attached hydrogen (secondary N) is 1. The summed E-state index contributed by atoms with van der Waals surface area (Å²) >= 11 is 0. The Kier molecular flexibility index (Phi) is 6.19. The third-order valence-electron chi connectivity index (χ3n) is 4.17. The van der Waals surface area contributed by atoms with Crippen LogP contribution in [-0.4, -0.2) is 35.5 Å². The highest BCUT2D eigenvalue weighted by Gasteiger charge is 2.17. The zero-order valence-corrected chi connectivity index (χ0v) is 16.5. The third-order valence-corrected chi connectivity index (χ3v) is 4.17. The molecule has 0 unspecified atom stereocenters. The monoisotopic (exact) mass is 390 g/mol. The standard InChI is InChI=1S/C22H22N4O3/c1-4-29-21(28)16-10-12-17(13-11-16)24-22-23-15(2)14-19(25-22)20(27)26(3)18-8-6-5-7-9-18/h5-14H,4H2,1-3H3,(H,23,24,25). The molecule has 0 radical (unpaired) electrons. The first-order valence-electron chi connectivity index (χ1n) is 9.21. The van der Waals surface area contributed by atoms with Crippen LogP contribution in [0, 0.1) is 6.92 Å². The van der Waals surface area contributed by atoms with E-state index in [9.17, 15) is 9.59 Å². The van der Waals surface area contributed by atoms with Gasteiger partial charge in [0.15, 0.2) is 0 Å². The first-order chi connectivity index (χ1) is 14.0. The number of aryl methyl sites for hydroxylation is 1. The number of amides is 1. The largest absolute Gasteiger partial charge is 0.462 e. The number of carbonyl (C=O) groups is 2. The number of para-hydroxylation sites is 1. The summed E-state index contributed by atoms with van der Waals surface area (Å²) in [6, 6.07) is 17.8. The van der Waals surface area contributed by atoms with Gasteiger partial charge in [-0.3, -0.25) is 4.79 Å². The van der Waals surface area contributed by atoms with Crippen molar-refractivity contribution in [1.29, 1.82) is 0 Å². The predicted octanol–water partition coefficient (Wildman–Crippen LogP) is 3.98. The quantitative estimate of drug-likeness (QED) is 0.641. The average molecular weight is 390 g/mol. The first kappa shape index (κ1) is 20.0. The van der Waals surface area contributed by atoms with Crippen molar-refractivity contribution in [2.24, 2.45) is 0 Å². The third kappa shape index (κ3) is 4.95. The van der Waals surface area contributed by atoms with E-state index in [0.29, 0.717) is 29.5 Å². The molecule has 0 atom stereocenters. The van der Waals surface area contributed by atoms with Crippen molar-refractivity contribution < 1.29 is 14.3 Å². The number of anilines is 3. The highest BCUT2D eigenvalue weighted by Crippen LogP contribution is 2.18. The molecule has 1 aromatic heterocycles. The van der Waals surface area contributed by atoms with Crippen molar-refractivity contribution in [2.45, 2.75) is 13.8 Å². The lowest BCUT2D eigenvalue weighted by Gasteiger charge is -2.17. The van der Waals surface area contributed by atoms with E-state index < -0.39 is 0 Å². The first-order valence-corrected chi connectivity index (χ1v) is 9.21. The number of esters is 1. The summed E-state index contributed by atoms with van der Waals surface area (Å²) < 4.78 is 4.98. The summed E-state index contributed by atoms with van der Waals surface area (Å²) in [5.41, 5.74) is 2.88. The molecule has 0 aliphatic heterocycles. The summed E-state index contributed by atoms with van der Waals surface area (Å²) in [5.74, 6) is -0.302. The number of nitrogens with zero attached hydrogens (tertiary/aromatic N) is 3. The van der Waals surface area contributed by atoms with Crippen LogP contribution in [0.3, 0.4) is 0 Å². The molecule has 0 aliphatic carbocycles. The van der Waals surface area contributed by atoms with E-state index in [-0.39, 0.29) is 17.6 Å². The Morgan fingerprint density at radius 2 is 1.72 bits per heavy atom. The van der Waals surface area contributed by atoms with Gasteiger partial charge in [0.25, 0.3) is 5.91 Å². The minimum Gasteiger partial charge on any atom is -0.462 e. The molecule has 1 amide bonds. The number of hydrogen-bond acceptors (Lipinski definition) is 6. The SMILES string of the molecule is CCOC(=O)c1ccc(Nc2nc(C)cc(C(=O)N(C)c3ccccc3)n2)cc1.